The molecule has 2 N–H and O–H groups in total. The van der Waals surface area contributed by atoms with Crippen molar-refractivity contribution in [1.82, 2.24) is 9.88 Å². The molecular weight excluding hydrogens is 300 g/mol. The van der Waals surface area contributed by atoms with E-state index in [-0.39, 0.29) is 17.9 Å². The molecule has 1 aromatic carbocycles. The lowest BCUT2D eigenvalue weighted by atomic mass is 10.1. The molecule has 0 bridgehead atoms. The van der Waals surface area contributed by atoms with Gasteiger partial charge in [-0.05, 0) is 44.5 Å². The first-order valence-electron chi connectivity index (χ1n) is 7.37. The fourth-order valence-electron chi connectivity index (χ4n) is 2.14. The second kappa shape index (κ2) is 10.4. The number of aromatic nitrogens is 1. The van der Waals surface area contributed by atoms with Gasteiger partial charge in [-0.25, -0.2) is 4.98 Å². The molecule has 1 aromatic heterocycles. The van der Waals surface area contributed by atoms with Crippen LogP contribution in [0.3, 0.4) is 0 Å². The lowest BCUT2D eigenvalue weighted by Crippen LogP contribution is -2.19. The predicted molar refractivity (Wildman–Crippen MR) is 95.3 cm³/mol. The van der Waals surface area contributed by atoms with Gasteiger partial charge in [0.05, 0.1) is 0 Å². The van der Waals surface area contributed by atoms with Gasteiger partial charge in [0.15, 0.2) is 0 Å². The Labute approximate surface area is 139 Å². The first-order valence-corrected chi connectivity index (χ1v) is 7.37. The normalized spacial score (nSPS) is 10.2. The number of pyridine rings is 1. The highest BCUT2D eigenvalue weighted by Crippen LogP contribution is 2.25. The fraction of sp³-hybridized carbons (Fsp3) is 0.471. The highest BCUT2D eigenvalue weighted by atomic mass is 35.5. The Morgan fingerprint density at radius 1 is 1.18 bits per heavy atom. The molecule has 124 valence electrons. The standard InChI is InChI=1S/C17H24N2O.ClH.H2O/c1-4-5-9-15-13-14-8-6-7-10-16(14)17(18-15)20-12-11-19(2)3;;/h6-8,10,13H,4-5,9,11-12H2,1-3H3;1H;1H2. The number of aryl methyl sites for hydroxylation is 1. The van der Waals surface area contributed by atoms with Crippen molar-refractivity contribution in [2.75, 3.05) is 27.2 Å². The van der Waals surface area contributed by atoms with Crippen LogP contribution in [0, 0.1) is 0 Å². The summed E-state index contributed by atoms with van der Waals surface area (Å²) >= 11 is 0. The van der Waals surface area contributed by atoms with Gasteiger partial charge >= 0.3 is 0 Å². The molecule has 2 aromatic rings. The van der Waals surface area contributed by atoms with Gasteiger partial charge in [-0.15, -0.1) is 12.4 Å². The van der Waals surface area contributed by atoms with Gasteiger partial charge in [0, 0.05) is 17.6 Å². The van der Waals surface area contributed by atoms with Crippen molar-refractivity contribution in [2.24, 2.45) is 0 Å². The Balaban J connectivity index is 0.00000220. The van der Waals surface area contributed by atoms with Crippen LogP contribution in [-0.2, 0) is 6.42 Å². The fourth-order valence-corrected chi connectivity index (χ4v) is 2.14. The van der Waals surface area contributed by atoms with E-state index >= 15 is 0 Å². The van der Waals surface area contributed by atoms with Crippen molar-refractivity contribution < 1.29 is 10.2 Å². The van der Waals surface area contributed by atoms with Gasteiger partial charge in [0.25, 0.3) is 0 Å². The first kappa shape index (κ1) is 20.6. The second-order valence-corrected chi connectivity index (χ2v) is 5.40. The van der Waals surface area contributed by atoms with Crippen LogP contribution in [0.1, 0.15) is 25.5 Å². The molecule has 0 saturated heterocycles. The molecule has 4 nitrogen and oxygen atoms in total. The Kier molecular flexibility index (Phi) is 9.74. The minimum Gasteiger partial charge on any atom is -0.476 e. The van der Waals surface area contributed by atoms with E-state index in [1.54, 1.807) is 0 Å². The molecule has 0 spiro atoms. The summed E-state index contributed by atoms with van der Waals surface area (Å²) in [5.41, 5.74) is 1.13. The SMILES string of the molecule is CCCCc1cc2ccccc2c(OCCN(C)C)n1.Cl.O. The van der Waals surface area contributed by atoms with E-state index in [1.807, 2.05) is 20.2 Å². The number of hydrogen-bond acceptors (Lipinski definition) is 3. The summed E-state index contributed by atoms with van der Waals surface area (Å²) in [6, 6.07) is 10.5. The van der Waals surface area contributed by atoms with Gasteiger partial charge in [-0.2, -0.15) is 0 Å². The molecule has 0 aliphatic carbocycles. The van der Waals surface area contributed by atoms with E-state index in [9.17, 15) is 0 Å². The molecule has 1 heterocycles. The maximum absolute atomic E-state index is 5.90. The largest absolute Gasteiger partial charge is 0.476 e. The number of nitrogens with zero attached hydrogens (tertiary/aromatic N) is 2. The average Bonchev–Trinajstić information content (AvgIpc) is 2.44. The summed E-state index contributed by atoms with van der Waals surface area (Å²) in [5.74, 6) is 0.774. The molecule has 0 fully saturated rings. The van der Waals surface area contributed by atoms with Gasteiger partial charge in [-0.3, -0.25) is 0 Å². The van der Waals surface area contributed by atoms with Crippen LogP contribution in [0.2, 0.25) is 0 Å². The molecule has 0 radical (unpaired) electrons. The second-order valence-electron chi connectivity index (χ2n) is 5.40. The molecule has 22 heavy (non-hydrogen) atoms. The Morgan fingerprint density at radius 2 is 1.91 bits per heavy atom. The molecule has 0 amide bonds. The van der Waals surface area contributed by atoms with Crippen molar-refractivity contribution in [3.63, 3.8) is 0 Å². The zero-order chi connectivity index (χ0) is 14.4. The van der Waals surface area contributed by atoms with Crippen LogP contribution in [0.15, 0.2) is 30.3 Å². The number of benzene rings is 1. The molecule has 0 unspecified atom stereocenters. The van der Waals surface area contributed by atoms with Crippen molar-refractivity contribution in [1.29, 1.82) is 0 Å². The molecular formula is C17H27ClN2O2. The number of fused-ring (bicyclic) bond motifs is 1. The minimum atomic E-state index is 0. The summed E-state index contributed by atoms with van der Waals surface area (Å²) in [6.45, 7) is 3.77. The van der Waals surface area contributed by atoms with Crippen molar-refractivity contribution in [2.45, 2.75) is 26.2 Å². The van der Waals surface area contributed by atoms with Crippen LogP contribution < -0.4 is 4.74 Å². The quantitative estimate of drug-likeness (QED) is 0.785. The van der Waals surface area contributed by atoms with Crippen LogP contribution in [0.5, 0.6) is 5.88 Å². The molecule has 0 aliphatic heterocycles. The maximum Gasteiger partial charge on any atom is 0.221 e. The van der Waals surface area contributed by atoms with E-state index in [4.69, 9.17) is 9.72 Å². The lowest BCUT2D eigenvalue weighted by Gasteiger charge is -2.13. The van der Waals surface area contributed by atoms with E-state index in [1.165, 1.54) is 18.2 Å². The highest BCUT2D eigenvalue weighted by molar-refractivity contribution is 5.87. The summed E-state index contributed by atoms with van der Waals surface area (Å²) in [6.07, 6.45) is 3.37. The molecule has 0 aliphatic rings. The number of ether oxygens (including phenoxy) is 1. The van der Waals surface area contributed by atoms with Crippen molar-refractivity contribution >= 4 is 23.2 Å². The zero-order valence-corrected chi connectivity index (χ0v) is 14.4. The Morgan fingerprint density at radius 3 is 2.59 bits per heavy atom. The number of likely N-dealkylation sites (N-methyl/N-ethyl adjacent to an activating group) is 1. The first-order chi connectivity index (χ1) is 9.70. The third-order valence-corrected chi connectivity index (χ3v) is 3.32. The lowest BCUT2D eigenvalue weighted by molar-refractivity contribution is 0.256. The smallest absolute Gasteiger partial charge is 0.221 e. The molecule has 0 atom stereocenters. The number of hydrogen-bond donors (Lipinski definition) is 0. The Bertz CT molecular complexity index is 561. The molecule has 5 heteroatoms. The monoisotopic (exact) mass is 326 g/mol. The third kappa shape index (κ3) is 5.79. The number of halogens is 1. The number of unbranched alkanes of at least 4 members (excludes halogenated alkanes) is 1. The third-order valence-electron chi connectivity index (χ3n) is 3.32. The molecule has 2 rings (SSSR count). The Hall–Kier alpha value is -1.36. The van der Waals surface area contributed by atoms with Gasteiger partial charge in [0.1, 0.15) is 6.61 Å². The average molecular weight is 327 g/mol. The van der Waals surface area contributed by atoms with Gasteiger partial charge < -0.3 is 15.1 Å². The van der Waals surface area contributed by atoms with Crippen molar-refractivity contribution in [3.05, 3.63) is 36.0 Å². The predicted octanol–water partition coefficient (Wildman–Crippen LogP) is 3.11. The maximum atomic E-state index is 5.90. The molecule has 0 saturated carbocycles. The van der Waals surface area contributed by atoms with Crippen LogP contribution in [0.25, 0.3) is 10.8 Å². The summed E-state index contributed by atoms with van der Waals surface area (Å²) in [5, 5.41) is 2.32. The summed E-state index contributed by atoms with van der Waals surface area (Å²) in [4.78, 5) is 6.81. The van der Waals surface area contributed by atoms with Crippen molar-refractivity contribution in [3.8, 4) is 5.88 Å². The topological polar surface area (TPSA) is 56.9 Å². The zero-order valence-electron chi connectivity index (χ0n) is 13.6. The van der Waals surface area contributed by atoms with E-state index in [2.05, 4.69) is 36.1 Å². The summed E-state index contributed by atoms with van der Waals surface area (Å²) in [7, 11) is 4.10. The van der Waals surface area contributed by atoms with Crippen LogP contribution in [0.4, 0.5) is 0 Å². The van der Waals surface area contributed by atoms with E-state index < -0.39 is 0 Å². The van der Waals surface area contributed by atoms with Gasteiger partial charge in [0.2, 0.25) is 5.88 Å². The number of rotatable bonds is 7. The van der Waals surface area contributed by atoms with E-state index in [0.29, 0.717) is 6.61 Å². The van der Waals surface area contributed by atoms with E-state index in [0.717, 1.165) is 29.9 Å². The van der Waals surface area contributed by atoms with Crippen LogP contribution in [-0.4, -0.2) is 42.6 Å². The van der Waals surface area contributed by atoms with Gasteiger partial charge in [-0.1, -0.05) is 31.5 Å². The summed E-state index contributed by atoms with van der Waals surface area (Å²) < 4.78 is 5.90. The van der Waals surface area contributed by atoms with Crippen LogP contribution >= 0.6 is 12.4 Å². The highest BCUT2D eigenvalue weighted by Gasteiger charge is 2.07. The minimum absolute atomic E-state index is 0.